The molecule has 0 saturated heterocycles. The Morgan fingerprint density at radius 2 is 1.85 bits per heavy atom. The van der Waals surface area contributed by atoms with E-state index in [2.05, 4.69) is 10.6 Å². The lowest BCUT2D eigenvalue weighted by Gasteiger charge is -2.09. The molecule has 2 N–H and O–H groups in total. The third-order valence-corrected chi connectivity index (χ3v) is 3.02. The number of benzene rings is 1. The summed E-state index contributed by atoms with van der Waals surface area (Å²) in [5.74, 6) is -0.314. The van der Waals surface area contributed by atoms with Crippen LogP contribution in [0.2, 0.25) is 0 Å². The molecule has 4 amide bonds. The minimum absolute atomic E-state index is 0.319. The van der Waals surface area contributed by atoms with Crippen molar-refractivity contribution in [1.82, 2.24) is 10.2 Å². The third kappa shape index (κ3) is 2.64. The minimum Gasteiger partial charge on any atom is -0.338 e. The molecule has 0 aliphatic carbocycles. The van der Waals surface area contributed by atoms with Gasteiger partial charge in [0.1, 0.15) is 0 Å². The molecular formula is C14H17N3O3. The number of carbonyl (C=O) groups excluding carboxylic acids is 3. The smallest absolute Gasteiger partial charge is 0.319 e. The van der Waals surface area contributed by atoms with Gasteiger partial charge >= 0.3 is 6.03 Å². The van der Waals surface area contributed by atoms with E-state index in [-0.39, 0.29) is 17.8 Å². The van der Waals surface area contributed by atoms with Gasteiger partial charge in [0, 0.05) is 19.3 Å². The standard InChI is InChI=1S/C14H17N3O3/c1-8(2)7-15-14(20)16-9-4-5-10-11(6-9)13(19)17(3)12(10)18/h4-6,8H,7H2,1-3H3,(H2,15,16,20). The maximum Gasteiger partial charge on any atom is 0.319 e. The molecule has 0 saturated carbocycles. The molecule has 6 heteroatoms. The van der Waals surface area contributed by atoms with E-state index >= 15 is 0 Å². The second-order valence-electron chi connectivity index (χ2n) is 5.16. The quantitative estimate of drug-likeness (QED) is 0.824. The maximum atomic E-state index is 11.8. The highest BCUT2D eigenvalue weighted by Crippen LogP contribution is 2.24. The Labute approximate surface area is 117 Å². The molecule has 1 aromatic carbocycles. The van der Waals surface area contributed by atoms with Crippen molar-refractivity contribution < 1.29 is 14.4 Å². The van der Waals surface area contributed by atoms with Crippen molar-refractivity contribution in [1.29, 1.82) is 0 Å². The Bertz CT molecular complexity index is 581. The lowest BCUT2D eigenvalue weighted by molar-refractivity contribution is 0.0693. The van der Waals surface area contributed by atoms with Crippen LogP contribution in [0.25, 0.3) is 0 Å². The first-order valence-corrected chi connectivity index (χ1v) is 6.41. The van der Waals surface area contributed by atoms with Crippen molar-refractivity contribution in [2.24, 2.45) is 5.92 Å². The summed E-state index contributed by atoms with van der Waals surface area (Å²) >= 11 is 0. The highest BCUT2D eigenvalue weighted by Gasteiger charge is 2.32. The molecule has 0 unspecified atom stereocenters. The predicted molar refractivity (Wildman–Crippen MR) is 74.7 cm³/mol. The number of rotatable bonds is 3. The molecule has 0 fully saturated rings. The molecule has 0 radical (unpaired) electrons. The van der Waals surface area contributed by atoms with Crippen LogP contribution >= 0.6 is 0 Å². The summed E-state index contributed by atoms with van der Waals surface area (Å²) in [5, 5.41) is 5.36. The molecule has 0 spiro atoms. The zero-order valence-electron chi connectivity index (χ0n) is 11.7. The second kappa shape index (κ2) is 5.32. The van der Waals surface area contributed by atoms with Gasteiger partial charge in [-0.05, 0) is 24.1 Å². The first kappa shape index (κ1) is 14.0. The zero-order chi connectivity index (χ0) is 14.9. The average Bonchev–Trinajstić information content (AvgIpc) is 2.62. The summed E-state index contributed by atoms with van der Waals surface area (Å²) in [7, 11) is 1.44. The number of imide groups is 1. The van der Waals surface area contributed by atoms with Gasteiger partial charge in [0.25, 0.3) is 11.8 Å². The lowest BCUT2D eigenvalue weighted by Crippen LogP contribution is -2.31. The number of fused-ring (bicyclic) bond motifs is 1. The molecule has 1 aliphatic rings. The fraction of sp³-hybridized carbons (Fsp3) is 0.357. The van der Waals surface area contributed by atoms with E-state index in [0.29, 0.717) is 29.3 Å². The number of nitrogens with one attached hydrogen (secondary N) is 2. The summed E-state index contributed by atoms with van der Waals surface area (Å²) in [5.41, 5.74) is 1.17. The zero-order valence-corrected chi connectivity index (χ0v) is 11.7. The van der Waals surface area contributed by atoms with Crippen LogP contribution in [-0.2, 0) is 0 Å². The van der Waals surface area contributed by atoms with E-state index in [4.69, 9.17) is 0 Å². The van der Waals surface area contributed by atoms with E-state index in [1.807, 2.05) is 13.8 Å². The molecule has 0 bridgehead atoms. The second-order valence-corrected chi connectivity index (χ2v) is 5.16. The fourth-order valence-corrected chi connectivity index (χ4v) is 1.91. The van der Waals surface area contributed by atoms with Gasteiger partial charge in [-0.3, -0.25) is 14.5 Å². The molecule has 0 atom stereocenters. The van der Waals surface area contributed by atoms with Crippen LogP contribution in [0.3, 0.4) is 0 Å². The topological polar surface area (TPSA) is 78.5 Å². The van der Waals surface area contributed by atoms with Gasteiger partial charge in [-0.1, -0.05) is 13.8 Å². The Hall–Kier alpha value is -2.37. The van der Waals surface area contributed by atoms with Gasteiger partial charge in [-0.25, -0.2) is 4.79 Å². The monoisotopic (exact) mass is 275 g/mol. The third-order valence-electron chi connectivity index (χ3n) is 3.02. The fourth-order valence-electron chi connectivity index (χ4n) is 1.91. The lowest BCUT2D eigenvalue weighted by atomic mass is 10.1. The van der Waals surface area contributed by atoms with Crippen LogP contribution in [-0.4, -0.2) is 36.3 Å². The van der Waals surface area contributed by atoms with E-state index < -0.39 is 0 Å². The molecule has 1 heterocycles. The van der Waals surface area contributed by atoms with Crippen LogP contribution in [0.4, 0.5) is 10.5 Å². The Balaban J connectivity index is 2.11. The summed E-state index contributed by atoms with van der Waals surface area (Å²) < 4.78 is 0. The van der Waals surface area contributed by atoms with Crippen molar-refractivity contribution in [3.8, 4) is 0 Å². The first-order chi connectivity index (χ1) is 9.40. The molecule has 1 aromatic rings. The predicted octanol–water partition coefficient (Wildman–Crippen LogP) is 1.69. The van der Waals surface area contributed by atoms with Gasteiger partial charge in [0.05, 0.1) is 11.1 Å². The van der Waals surface area contributed by atoms with Crippen LogP contribution < -0.4 is 10.6 Å². The van der Waals surface area contributed by atoms with Crippen LogP contribution in [0.1, 0.15) is 34.6 Å². The number of hydrogen-bond donors (Lipinski definition) is 2. The van der Waals surface area contributed by atoms with Crippen LogP contribution in [0.5, 0.6) is 0 Å². The summed E-state index contributed by atoms with van der Waals surface area (Å²) in [6.45, 7) is 4.56. The summed E-state index contributed by atoms with van der Waals surface area (Å²) in [6, 6.07) is 4.35. The summed E-state index contributed by atoms with van der Waals surface area (Å²) in [6.07, 6.45) is 0. The highest BCUT2D eigenvalue weighted by atomic mass is 16.2. The Morgan fingerprint density at radius 3 is 2.50 bits per heavy atom. The SMILES string of the molecule is CC(C)CNC(=O)Nc1ccc2c(c1)C(=O)N(C)C2=O. The number of hydrogen-bond acceptors (Lipinski definition) is 3. The van der Waals surface area contributed by atoms with Gasteiger partial charge in [0.2, 0.25) is 0 Å². The maximum absolute atomic E-state index is 11.8. The van der Waals surface area contributed by atoms with E-state index in [1.165, 1.54) is 13.1 Å². The van der Waals surface area contributed by atoms with Gasteiger partial charge in [-0.15, -0.1) is 0 Å². The number of nitrogens with zero attached hydrogens (tertiary/aromatic N) is 1. The molecule has 1 aliphatic heterocycles. The summed E-state index contributed by atoms with van der Waals surface area (Å²) in [4.78, 5) is 36.3. The Morgan fingerprint density at radius 1 is 1.20 bits per heavy atom. The minimum atomic E-state index is -0.351. The Kier molecular flexibility index (Phi) is 3.74. The number of amides is 4. The van der Waals surface area contributed by atoms with Crippen molar-refractivity contribution in [2.75, 3.05) is 18.9 Å². The van der Waals surface area contributed by atoms with Gasteiger partial charge in [0.15, 0.2) is 0 Å². The normalized spacial score (nSPS) is 13.7. The van der Waals surface area contributed by atoms with Crippen molar-refractivity contribution in [2.45, 2.75) is 13.8 Å². The average molecular weight is 275 g/mol. The van der Waals surface area contributed by atoms with Crippen LogP contribution in [0.15, 0.2) is 18.2 Å². The molecule has 20 heavy (non-hydrogen) atoms. The highest BCUT2D eigenvalue weighted by molar-refractivity contribution is 6.21. The van der Waals surface area contributed by atoms with E-state index in [1.54, 1.807) is 12.1 Å². The van der Waals surface area contributed by atoms with Gasteiger partial charge < -0.3 is 10.6 Å². The molecule has 0 aromatic heterocycles. The van der Waals surface area contributed by atoms with Crippen LogP contribution in [0, 0.1) is 5.92 Å². The number of anilines is 1. The molecule has 106 valence electrons. The van der Waals surface area contributed by atoms with Crippen molar-refractivity contribution >= 4 is 23.5 Å². The molecule has 6 nitrogen and oxygen atoms in total. The van der Waals surface area contributed by atoms with Crippen molar-refractivity contribution in [3.63, 3.8) is 0 Å². The van der Waals surface area contributed by atoms with Gasteiger partial charge in [-0.2, -0.15) is 0 Å². The first-order valence-electron chi connectivity index (χ1n) is 6.41. The number of carbonyl (C=O) groups is 3. The number of urea groups is 1. The molecule has 2 rings (SSSR count). The van der Waals surface area contributed by atoms with E-state index in [0.717, 1.165) is 4.90 Å². The molecular weight excluding hydrogens is 258 g/mol. The van der Waals surface area contributed by atoms with Crippen molar-refractivity contribution in [3.05, 3.63) is 29.3 Å². The van der Waals surface area contributed by atoms with E-state index in [9.17, 15) is 14.4 Å². The largest absolute Gasteiger partial charge is 0.338 e.